The van der Waals surface area contributed by atoms with Gasteiger partial charge < -0.3 is 4.42 Å². The summed E-state index contributed by atoms with van der Waals surface area (Å²) >= 11 is 0. The smallest absolute Gasteiger partial charge is 0.344 e. The fourth-order valence-electron chi connectivity index (χ4n) is 2.87. The van der Waals surface area contributed by atoms with Gasteiger partial charge >= 0.3 is 5.63 Å². The summed E-state index contributed by atoms with van der Waals surface area (Å²) in [5.74, 6) is 0.609. The molecule has 1 aromatic heterocycles. The highest BCUT2D eigenvalue weighted by atomic mass is 16.4. The lowest BCUT2D eigenvalue weighted by atomic mass is 10.0. The lowest BCUT2D eigenvalue weighted by Gasteiger charge is -2.07. The summed E-state index contributed by atoms with van der Waals surface area (Å²) in [5.41, 5.74) is 1.71. The summed E-state index contributed by atoms with van der Waals surface area (Å²) in [5, 5.41) is 3.75. The van der Waals surface area contributed by atoms with Gasteiger partial charge in [0.2, 0.25) is 0 Å². The Morgan fingerprint density at radius 2 is 1.59 bits per heavy atom. The van der Waals surface area contributed by atoms with E-state index in [2.05, 4.69) is 12.1 Å². The van der Waals surface area contributed by atoms with Crippen LogP contribution in [-0.4, -0.2) is 0 Å². The van der Waals surface area contributed by atoms with Gasteiger partial charge in [0.1, 0.15) is 5.76 Å². The Kier molecular flexibility index (Phi) is 2.83. The molecule has 1 heterocycles. The van der Waals surface area contributed by atoms with E-state index >= 15 is 0 Å². The van der Waals surface area contributed by atoms with Crippen LogP contribution in [-0.2, 0) is 0 Å². The second-order valence-corrected chi connectivity index (χ2v) is 5.52. The van der Waals surface area contributed by atoms with Crippen LogP contribution in [0.4, 0.5) is 0 Å². The largest absolute Gasteiger partial charge is 0.422 e. The third-order valence-corrected chi connectivity index (χ3v) is 3.97. The summed E-state index contributed by atoms with van der Waals surface area (Å²) in [4.78, 5) is 12.3. The first kappa shape index (κ1) is 12.8. The van der Waals surface area contributed by atoms with Crippen LogP contribution in [0.3, 0.4) is 0 Å². The SMILES string of the molecule is Cc1ccc2cc(-c3cccc4ccccc34)oc(=O)c2c1. The standard InChI is InChI=1S/C20H14O2/c1-13-9-10-15-12-19(22-20(21)18(15)11-13)17-8-4-6-14-5-2-3-7-16(14)17/h2-12H,1H3. The van der Waals surface area contributed by atoms with Crippen molar-refractivity contribution < 1.29 is 4.42 Å². The molecule has 0 saturated heterocycles. The average Bonchev–Trinajstić information content (AvgIpc) is 2.55. The van der Waals surface area contributed by atoms with Gasteiger partial charge in [0.05, 0.1) is 5.39 Å². The highest BCUT2D eigenvalue weighted by Gasteiger charge is 2.09. The van der Waals surface area contributed by atoms with Crippen LogP contribution < -0.4 is 5.63 Å². The summed E-state index contributed by atoms with van der Waals surface area (Å²) in [7, 11) is 0. The van der Waals surface area contributed by atoms with E-state index in [0.29, 0.717) is 11.1 Å². The Morgan fingerprint density at radius 1 is 0.773 bits per heavy atom. The van der Waals surface area contributed by atoms with Crippen molar-refractivity contribution in [1.29, 1.82) is 0 Å². The second kappa shape index (κ2) is 4.85. The molecule has 0 saturated carbocycles. The van der Waals surface area contributed by atoms with Crippen LogP contribution in [0.25, 0.3) is 32.9 Å². The Balaban J connectivity index is 2.05. The monoisotopic (exact) mass is 286 g/mol. The Labute approximate surface area is 127 Å². The topological polar surface area (TPSA) is 30.2 Å². The number of hydrogen-bond acceptors (Lipinski definition) is 2. The minimum Gasteiger partial charge on any atom is -0.422 e. The van der Waals surface area contributed by atoms with E-state index < -0.39 is 0 Å². The van der Waals surface area contributed by atoms with Gasteiger partial charge in [0, 0.05) is 5.56 Å². The molecule has 0 amide bonds. The lowest BCUT2D eigenvalue weighted by molar-refractivity contribution is 0.535. The molecule has 0 fully saturated rings. The van der Waals surface area contributed by atoms with Crippen LogP contribution in [0, 0.1) is 6.92 Å². The van der Waals surface area contributed by atoms with Crippen molar-refractivity contribution in [3.8, 4) is 11.3 Å². The highest BCUT2D eigenvalue weighted by Crippen LogP contribution is 2.29. The van der Waals surface area contributed by atoms with Gasteiger partial charge in [0.25, 0.3) is 0 Å². The van der Waals surface area contributed by atoms with Gasteiger partial charge in [0.15, 0.2) is 0 Å². The molecular weight excluding hydrogens is 272 g/mol. The molecule has 4 aromatic rings. The molecule has 0 aliphatic heterocycles. The third kappa shape index (κ3) is 2.01. The molecule has 2 heteroatoms. The minimum atomic E-state index is -0.288. The van der Waals surface area contributed by atoms with Crippen molar-refractivity contribution in [2.45, 2.75) is 6.92 Å². The van der Waals surface area contributed by atoms with Crippen molar-refractivity contribution in [3.05, 3.63) is 82.7 Å². The van der Waals surface area contributed by atoms with Crippen molar-refractivity contribution in [3.63, 3.8) is 0 Å². The van der Waals surface area contributed by atoms with E-state index in [-0.39, 0.29) is 5.63 Å². The first-order valence-electron chi connectivity index (χ1n) is 7.25. The molecule has 0 N–H and O–H groups in total. The van der Waals surface area contributed by atoms with Gasteiger partial charge in [-0.15, -0.1) is 0 Å². The molecule has 0 unspecified atom stereocenters. The Hall–Kier alpha value is -2.87. The molecule has 4 rings (SSSR count). The molecule has 106 valence electrons. The number of rotatable bonds is 1. The van der Waals surface area contributed by atoms with Gasteiger partial charge in [-0.05, 0) is 35.2 Å². The van der Waals surface area contributed by atoms with Gasteiger partial charge in [-0.25, -0.2) is 4.79 Å². The minimum absolute atomic E-state index is 0.288. The predicted molar refractivity (Wildman–Crippen MR) is 90.2 cm³/mol. The Morgan fingerprint density at radius 3 is 2.50 bits per heavy atom. The summed E-state index contributed by atoms with van der Waals surface area (Å²) in [6, 6.07) is 21.9. The molecule has 22 heavy (non-hydrogen) atoms. The van der Waals surface area contributed by atoms with Crippen LogP contribution in [0.2, 0.25) is 0 Å². The maximum absolute atomic E-state index is 12.3. The van der Waals surface area contributed by atoms with Gasteiger partial charge in [-0.3, -0.25) is 0 Å². The Bertz CT molecular complexity index is 1050. The molecule has 2 nitrogen and oxygen atoms in total. The predicted octanol–water partition coefficient (Wildman–Crippen LogP) is 4.92. The number of hydrogen-bond donors (Lipinski definition) is 0. The van der Waals surface area contributed by atoms with Crippen molar-refractivity contribution in [2.75, 3.05) is 0 Å². The quantitative estimate of drug-likeness (QED) is 0.497. The maximum atomic E-state index is 12.3. The van der Waals surface area contributed by atoms with Crippen molar-refractivity contribution in [1.82, 2.24) is 0 Å². The first-order chi connectivity index (χ1) is 10.7. The molecule has 0 aliphatic carbocycles. The maximum Gasteiger partial charge on any atom is 0.344 e. The van der Waals surface area contributed by atoms with Crippen LogP contribution in [0.15, 0.2) is 75.9 Å². The average molecular weight is 286 g/mol. The van der Waals surface area contributed by atoms with Gasteiger partial charge in [-0.2, -0.15) is 0 Å². The van der Waals surface area contributed by atoms with E-state index in [1.54, 1.807) is 0 Å². The molecule has 0 atom stereocenters. The number of aryl methyl sites for hydroxylation is 1. The molecule has 0 spiro atoms. The molecule has 0 bridgehead atoms. The fraction of sp³-hybridized carbons (Fsp3) is 0.0500. The summed E-state index contributed by atoms with van der Waals surface area (Å²) in [6.45, 7) is 1.97. The van der Waals surface area contributed by atoms with E-state index in [1.165, 1.54) is 0 Å². The van der Waals surface area contributed by atoms with Crippen LogP contribution in [0.5, 0.6) is 0 Å². The zero-order valence-corrected chi connectivity index (χ0v) is 12.2. The molecular formula is C20H14O2. The van der Waals surface area contributed by atoms with Crippen molar-refractivity contribution >= 4 is 21.5 Å². The molecule has 0 aliphatic rings. The van der Waals surface area contributed by atoms with E-state index in [4.69, 9.17) is 4.42 Å². The molecule has 3 aromatic carbocycles. The summed E-state index contributed by atoms with van der Waals surface area (Å²) < 4.78 is 5.58. The number of fused-ring (bicyclic) bond motifs is 2. The zero-order valence-electron chi connectivity index (χ0n) is 12.2. The van der Waals surface area contributed by atoms with Gasteiger partial charge in [-0.1, -0.05) is 60.2 Å². The van der Waals surface area contributed by atoms with Crippen LogP contribution >= 0.6 is 0 Å². The second-order valence-electron chi connectivity index (χ2n) is 5.52. The first-order valence-corrected chi connectivity index (χ1v) is 7.25. The zero-order chi connectivity index (χ0) is 15.1. The third-order valence-electron chi connectivity index (χ3n) is 3.97. The normalized spacial score (nSPS) is 11.1. The fourth-order valence-corrected chi connectivity index (χ4v) is 2.87. The van der Waals surface area contributed by atoms with Crippen LogP contribution in [0.1, 0.15) is 5.56 Å². The van der Waals surface area contributed by atoms with E-state index in [0.717, 1.165) is 27.3 Å². The lowest BCUT2D eigenvalue weighted by Crippen LogP contribution is -2.00. The number of benzene rings is 3. The van der Waals surface area contributed by atoms with Crippen molar-refractivity contribution in [2.24, 2.45) is 0 Å². The molecule has 0 radical (unpaired) electrons. The van der Waals surface area contributed by atoms with E-state index in [9.17, 15) is 4.79 Å². The highest BCUT2D eigenvalue weighted by molar-refractivity contribution is 5.97. The van der Waals surface area contributed by atoms with E-state index in [1.807, 2.05) is 61.5 Å². The summed E-state index contributed by atoms with van der Waals surface area (Å²) in [6.07, 6.45) is 0.